The van der Waals surface area contributed by atoms with Crippen LogP contribution in [0.1, 0.15) is 12.0 Å². The summed E-state index contributed by atoms with van der Waals surface area (Å²) in [5, 5.41) is 2.97. The summed E-state index contributed by atoms with van der Waals surface area (Å²) >= 11 is 7.08. The number of nitrogens with one attached hydrogen (secondary N) is 1. The van der Waals surface area contributed by atoms with Gasteiger partial charge in [0, 0.05) is 16.1 Å². The smallest absolute Gasteiger partial charge is 0.310 e. The van der Waals surface area contributed by atoms with Crippen molar-refractivity contribution in [3.63, 3.8) is 0 Å². The van der Waals surface area contributed by atoms with Crippen LogP contribution < -0.4 is 5.32 Å². The zero-order chi connectivity index (χ0) is 15.6. The molecule has 1 aliphatic heterocycles. The second-order valence-corrected chi connectivity index (χ2v) is 8.33. The Hall–Kier alpha value is -0.880. The van der Waals surface area contributed by atoms with Crippen molar-refractivity contribution in [1.82, 2.24) is 0 Å². The van der Waals surface area contributed by atoms with Crippen LogP contribution in [0, 0.1) is 30.6 Å². The van der Waals surface area contributed by atoms with Gasteiger partial charge in [-0.25, -0.2) is 0 Å². The number of halogens is 2. The van der Waals surface area contributed by atoms with E-state index in [1.54, 1.807) is 0 Å². The van der Waals surface area contributed by atoms with E-state index >= 15 is 0 Å². The first-order valence-corrected chi connectivity index (χ1v) is 9.10. The number of hydrogen-bond acceptors (Lipinski definition) is 3. The molecule has 1 N–H and O–H groups in total. The summed E-state index contributed by atoms with van der Waals surface area (Å²) in [7, 11) is 0. The fourth-order valence-electron chi connectivity index (χ4n) is 4.28. The molecular formula is C16H15Br2NO3. The maximum atomic E-state index is 12.7. The number of carbonyl (C=O) groups excluding carboxylic acids is 2. The molecule has 4 rings (SSSR count). The van der Waals surface area contributed by atoms with E-state index in [-0.39, 0.29) is 46.5 Å². The van der Waals surface area contributed by atoms with E-state index in [2.05, 4.69) is 37.2 Å². The zero-order valence-corrected chi connectivity index (χ0v) is 15.1. The van der Waals surface area contributed by atoms with Crippen molar-refractivity contribution in [3.05, 3.63) is 28.2 Å². The Balaban J connectivity index is 1.58. The van der Waals surface area contributed by atoms with Gasteiger partial charge in [0.1, 0.15) is 6.10 Å². The van der Waals surface area contributed by atoms with Crippen LogP contribution in [-0.4, -0.2) is 22.8 Å². The lowest BCUT2D eigenvalue weighted by Crippen LogP contribution is -2.40. The average molecular weight is 429 g/mol. The normalized spacial score (nSPS) is 38.2. The molecule has 6 atom stereocenters. The van der Waals surface area contributed by atoms with Crippen LogP contribution in [0.25, 0.3) is 0 Å². The highest BCUT2D eigenvalue weighted by molar-refractivity contribution is 9.10. The number of benzene rings is 1. The summed E-state index contributed by atoms with van der Waals surface area (Å²) in [6.07, 6.45) is 0.857. The predicted molar refractivity (Wildman–Crippen MR) is 88.7 cm³/mol. The van der Waals surface area contributed by atoms with Crippen LogP contribution in [0.5, 0.6) is 0 Å². The van der Waals surface area contributed by atoms with Crippen molar-refractivity contribution in [1.29, 1.82) is 0 Å². The quantitative estimate of drug-likeness (QED) is 0.581. The SMILES string of the molecule is Cc1cc(NC(=O)[C@@H]2[C@@H]3C[C@H]4[C@H](OC(=O)[C@@H]42)[C@@H]3Br)ccc1Br. The van der Waals surface area contributed by atoms with Crippen LogP contribution in [0.2, 0.25) is 0 Å². The van der Waals surface area contributed by atoms with Gasteiger partial charge in [0.2, 0.25) is 5.91 Å². The number of carbonyl (C=O) groups is 2. The molecule has 1 aromatic carbocycles. The lowest BCUT2D eigenvalue weighted by atomic mass is 9.79. The lowest BCUT2D eigenvalue weighted by Gasteiger charge is -2.27. The molecule has 6 heteroatoms. The Morgan fingerprint density at radius 1 is 1.36 bits per heavy atom. The van der Waals surface area contributed by atoms with E-state index in [0.717, 1.165) is 22.1 Å². The van der Waals surface area contributed by atoms with Gasteiger partial charge >= 0.3 is 5.97 Å². The average Bonchev–Trinajstić information content (AvgIpc) is 3.07. The second kappa shape index (κ2) is 5.06. The molecule has 116 valence electrons. The summed E-state index contributed by atoms with van der Waals surface area (Å²) in [4.78, 5) is 24.9. The molecule has 1 saturated heterocycles. The number of aryl methyl sites for hydroxylation is 1. The highest BCUT2D eigenvalue weighted by Crippen LogP contribution is 2.60. The van der Waals surface area contributed by atoms with Gasteiger partial charge in [0.15, 0.2) is 0 Å². The molecule has 0 spiro atoms. The van der Waals surface area contributed by atoms with Gasteiger partial charge < -0.3 is 10.1 Å². The van der Waals surface area contributed by atoms with Gasteiger partial charge in [0.25, 0.3) is 0 Å². The summed E-state index contributed by atoms with van der Waals surface area (Å²) in [6, 6.07) is 5.71. The van der Waals surface area contributed by atoms with Gasteiger partial charge in [0.05, 0.1) is 16.7 Å². The van der Waals surface area contributed by atoms with E-state index in [1.807, 2.05) is 25.1 Å². The molecule has 0 aromatic heterocycles. The van der Waals surface area contributed by atoms with Crippen LogP contribution in [-0.2, 0) is 14.3 Å². The van der Waals surface area contributed by atoms with Crippen LogP contribution in [0.4, 0.5) is 5.69 Å². The molecule has 2 saturated carbocycles. The number of amides is 1. The van der Waals surface area contributed by atoms with Crippen molar-refractivity contribution in [2.45, 2.75) is 24.3 Å². The number of ether oxygens (including phenoxy) is 1. The van der Waals surface area contributed by atoms with Crippen molar-refractivity contribution in [3.8, 4) is 0 Å². The maximum absolute atomic E-state index is 12.7. The molecule has 4 nitrogen and oxygen atoms in total. The molecular weight excluding hydrogens is 414 g/mol. The highest BCUT2D eigenvalue weighted by atomic mass is 79.9. The molecule has 1 amide bonds. The molecule has 2 aliphatic carbocycles. The van der Waals surface area contributed by atoms with Crippen molar-refractivity contribution in [2.75, 3.05) is 5.32 Å². The summed E-state index contributed by atoms with van der Waals surface area (Å²) in [6.45, 7) is 1.98. The summed E-state index contributed by atoms with van der Waals surface area (Å²) < 4.78 is 6.45. The molecule has 3 fully saturated rings. The monoisotopic (exact) mass is 427 g/mol. The second-order valence-electron chi connectivity index (χ2n) is 6.41. The number of alkyl halides is 1. The van der Waals surface area contributed by atoms with Crippen LogP contribution in [0.15, 0.2) is 22.7 Å². The third-order valence-electron chi connectivity index (χ3n) is 5.25. The number of rotatable bonds is 2. The van der Waals surface area contributed by atoms with E-state index in [4.69, 9.17) is 4.74 Å². The highest BCUT2D eigenvalue weighted by Gasteiger charge is 2.67. The van der Waals surface area contributed by atoms with E-state index < -0.39 is 0 Å². The van der Waals surface area contributed by atoms with Gasteiger partial charge in [-0.15, -0.1) is 0 Å². The third kappa shape index (κ3) is 1.99. The van der Waals surface area contributed by atoms with E-state index in [9.17, 15) is 9.59 Å². The lowest BCUT2D eigenvalue weighted by molar-refractivity contribution is -0.145. The molecule has 2 bridgehead atoms. The number of fused-ring (bicyclic) bond motifs is 1. The number of hydrogen-bond donors (Lipinski definition) is 1. The summed E-state index contributed by atoms with van der Waals surface area (Å²) in [5.74, 6) is -0.440. The van der Waals surface area contributed by atoms with Gasteiger partial charge in [-0.2, -0.15) is 0 Å². The molecule has 22 heavy (non-hydrogen) atoms. The van der Waals surface area contributed by atoms with Crippen molar-refractivity contribution >= 4 is 49.4 Å². The Kier molecular flexibility index (Phi) is 3.38. The van der Waals surface area contributed by atoms with Gasteiger partial charge in [-0.1, -0.05) is 31.9 Å². The first-order chi connectivity index (χ1) is 10.5. The predicted octanol–water partition coefficient (Wildman–Crippen LogP) is 3.27. The minimum absolute atomic E-state index is 0.0403. The third-order valence-corrected chi connectivity index (χ3v) is 7.34. The Labute approximate surface area is 145 Å². The minimum atomic E-state index is -0.287. The number of anilines is 1. The molecule has 0 unspecified atom stereocenters. The standard InChI is InChI=1S/C16H15Br2NO3/c1-6-4-7(2-3-10(6)17)19-15(20)11-8-5-9-12(11)16(21)22-14(9)13(8)18/h2-4,8-9,11-14H,5H2,1H3,(H,19,20)/t8-,9+,11+,12-,13+,14-/m0/s1. The number of esters is 1. The molecule has 1 aromatic rings. The van der Waals surface area contributed by atoms with E-state index in [0.29, 0.717) is 0 Å². The molecule has 3 aliphatic rings. The first-order valence-electron chi connectivity index (χ1n) is 7.39. The fourth-order valence-corrected chi connectivity index (χ4v) is 5.57. The Morgan fingerprint density at radius 3 is 2.86 bits per heavy atom. The van der Waals surface area contributed by atoms with Crippen molar-refractivity contribution < 1.29 is 14.3 Å². The van der Waals surface area contributed by atoms with Crippen molar-refractivity contribution in [2.24, 2.45) is 23.7 Å². The Morgan fingerprint density at radius 2 is 2.14 bits per heavy atom. The largest absolute Gasteiger partial charge is 0.461 e. The maximum Gasteiger partial charge on any atom is 0.310 e. The molecule has 1 heterocycles. The van der Waals surface area contributed by atoms with Crippen LogP contribution >= 0.6 is 31.9 Å². The molecule has 0 radical (unpaired) electrons. The Bertz CT molecular complexity index is 677. The van der Waals surface area contributed by atoms with E-state index in [1.165, 1.54) is 0 Å². The van der Waals surface area contributed by atoms with Gasteiger partial charge in [-0.05, 0) is 43.0 Å². The van der Waals surface area contributed by atoms with Crippen LogP contribution in [0.3, 0.4) is 0 Å². The summed E-state index contributed by atoms with van der Waals surface area (Å²) in [5.41, 5.74) is 1.83. The zero-order valence-electron chi connectivity index (χ0n) is 11.9. The van der Waals surface area contributed by atoms with Gasteiger partial charge in [-0.3, -0.25) is 9.59 Å². The topological polar surface area (TPSA) is 55.4 Å². The first kappa shape index (κ1) is 14.7. The fraction of sp³-hybridized carbons (Fsp3) is 0.500. The minimum Gasteiger partial charge on any atom is -0.461 e.